The van der Waals surface area contributed by atoms with Crippen LogP contribution >= 0.6 is 0 Å². The van der Waals surface area contributed by atoms with Crippen LogP contribution in [0, 0.1) is 13.8 Å². The fraction of sp³-hybridized carbons (Fsp3) is 0.588. The second kappa shape index (κ2) is 8.09. The van der Waals surface area contributed by atoms with Crippen molar-refractivity contribution in [2.75, 3.05) is 13.2 Å². The van der Waals surface area contributed by atoms with Gasteiger partial charge in [0.1, 0.15) is 0 Å². The monoisotopic (exact) mass is 354 g/mol. The Kier molecular flexibility index (Phi) is 6.37. The van der Waals surface area contributed by atoms with E-state index in [0.29, 0.717) is 0 Å². The Morgan fingerprint density at radius 2 is 2.08 bits per heavy atom. The molecule has 2 rings (SSSR count). The number of carbonyl (C=O) groups is 1. The highest BCUT2D eigenvalue weighted by Crippen LogP contribution is 2.16. The highest BCUT2D eigenvalue weighted by atomic mass is 32.2. The molecule has 1 saturated heterocycles. The molecule has 6 nitrogen and oxygen atoms in total. The van der Waals surface area contributed by atoms with Gasteiger partial charge in [-0.1, -0.05) is 6.07 Å². The number of hydrogen-bond acceptors (Lipinski definition) is 4. The Labute approximate surface area is 144 Å². The lowest BCUT2D eigenvalue weighted by molar-refractivity contribution is -0.122. The third-order valence-electron chi connectivity index (χ3n) is 4.34. The molecule has 1 amide bonds. The molecular formula is C17H26N2O4S. The molecule has 1 aliphatic rings. The molecule has 1 aromatic rings. The average molecular weight is 354 g/mol. The maximum absolute atomic E-state index is 12.2. The second-order valence-corrected chi connectivity index (χ2v) is 8.07. The summed E-state index contributed by atoms with van der Waals surface area (Å²) in [6.07, 6.45) is 2.11. The normalized spacial score (nSPS) is 19.2. The third kappa shape index (κ3) is 5.03. The van der Waals surface area contributed by atoms with Gasteiger partial charge in [-0.3, -0.25) is 4.79 Å². The predicted molar refractivity (Wildman–Crippen MR) is 92.3 cm³/mol. The summed E-state index contributed by atoms with van der Waals surface area (Å²) in [7, 11) is -3.59. The van der Waals surface area contributed by atoms with Gasteiger partial charge in [0, 0.05) is 19.6 Å². The molecule has 0 bridgehead atoms. The summed E-state index contributed by atoms with van der Waals surface area (Å²) in [5.41, 5.74) is 1.96. The van der Waals surface area contributed by atoms with Crippen molar-refractivity contribution in [3.8, 4) is 0 Å². The maximum Gasteiger partial charge on any atom is 0.240 e. The molecule has 24 heavy (non-hydrogen) atoms. The Morgan fingerprint density at radius 3 is 2.71 bits per heavy atom. The van der Waals surface area contributed by atoms with E-state index in [-0.39, 0.29) is 35.9 Å². The van der Waals surface area contributed by atoms with Gasteiger partial charge in [0.15, 0.2) is 0 Å². The van der Waals surface area contributed by atoms with Crippen LogP contribution in [0.3, 0.4) is 0 Å². The number of ether oxygens (including phenoxy) is 1. The molecule has 134 valence electrons. The van der Waals surface area contributed by atoms with Crippen LogP contribution in [0.5, 0.6) is 0 Å². The first-order valence-corrected chi connectivity index (χ1v) is 9.76. The Bertz CT molecular complexity index is 682. The van der Waals surface area contributed by atoms with Gasteiger partial charge < -0.3 is 10.1 Å². The van der Waals surface area contributed by atoms with Gasteiger partial charge in [-0.25, -0.2) is 13.1 Å². The van der Waals surface area contributed by atoms with Crippen LogP contribution < -0.4 is 10.0 Å². The van der Waals surface area contributed by atoms with Crippen LogP contribution in [0.25, 0.3) is 0 Å². The van der Waals surface area contributed by atoms with E-state index in [1.165, 1.54) is 0 Å². The van der Waals surface area contributed by atoms with E-state index < -0.39 is 10.0 Å². The quantitative estimate of drug-likeness (QED) is 0.780. The molecular weight excluding hydrogens is 328 g/mol. The molecule has 2 N–H and O–H groups in total. The molecule has 2 atom stereocenters. The van der Waals surface area contributed by atoms with E-state index >= 15 is 0 Å². The van der Waals surface area contributed by atoms with Crippen molar-refractivity contribution in [1.29, 1.82) is 0 Å². The van der Waals surface area contributed by atoms with E-state index in [0.717, 1.165) is 30.6 Å². The summed E-state index contributed by atoms with van der Waals surface area (Å²) < 4.78 is 32.5. The van der Waals surface area contributed by atoms with Crippen molar-refractivity contribution in [2.24, 2.45) is 0 Å². The first kappa shape index (κ1) is 18.9. The first-order valence-electron chi connectivity index (χ1n) is 8.27. The van der Waals surface area contributed by atoms with Crippen LogP contribution in [0.2, 0.25) is 0 Å². The Hall–Kier alpha value is -1.44. The standard InChI is InChI=1S/C17H26N2O4S/c1-12-6-7-15(11-13(12)2)24(21,22)18-9-8-17(20)19-14(3)16-5-4-10-23-16/h6-7,11,14,16,18H,4-5,8-10H2,1-3H3,(H,19,20). The number of aryl methyl sites for hydroxylation is 2. The number of amides is 1. The highest BCUT2D eigenvalue weighted by molar-refractivity contribution is 7.89. The molecule has 2 unspecified atom stereocenters. The molecule has 0 saturated carbocycles. The zero-order valence-corrected chi connectivity index (χ0v) is 15.3. The van der Waals surface area contributed by atoms with Crippen molar-refractivity contribution in [1.82, 2.24) is 10.0 Å². The van der Waals surface area contributed by atoms with E-state index in [4.69, 9.17) is 4.74 Å². The van der Waals surface area contributed by atoms with Crippen LogP contribution in [0.4, 0.5) is 0 Å². The lowest BCUT2D eigenvalue weighted by Crippen LogP contribution is -2.42. The minimum Gasteiger partial charge on any atom is -0.376 e. The maximum atomic E-state index is 12.2. The Morgan fingerprint density at radius 1 is 1.33 bits per heavy atom. The van der Waals surface area contributed by atoms with Crippen LogP contribution in [0.15, 0.2) is 23.1 Å². The first-order chi connectivity index (χ1) is 11.3. The molecule has 0 spiro atoms. The fourth-order valence-corrected chi connectivity index (χ4v) is 3.80. The molecule has 1 fully saturated rings. The fourth-order valence-electron chi connectivity index (χ4n) is 2.68. The number of benzene rings is 1. The molecule has 1 aliphatic heterocycles. The van der Waals surface area contributed by atoms with Gasteiger partial charge in [-0.15, -0.1) is 0 Å². The second-order valence-electron chi connectivity index (χ2n) is 6.30. The van der Waals surface area contributed by atoms with Gasteiger partial charge in [0.2, 0.25) is 15.9 Å². The number of hydrogen-bond donors (Lipinski definition) is 2. The van der Waals surface area contributed by atoms with Gasteiger partial charge in [0.25, 0.3) is 0 Å². The zero-order chi connectivity index (χ0) is 17.7. The third-order valence-corrected chi connectivity index (χ3v) is 5.80. The van der Waals surface area contributed by atoms with Gasteiger partial charge in [0.05, 0.1) is 17.0 Å². The van der Waals surface area contributed by atoms with Crippen LogP contribution in [0.1, 0.15) is 37.3 Å². The highest BCUT2D eigenvalue weighted by Gasteiger charge is 2.23. The minimum atomic E-state index is -3.59. The molecule has 1 heterocycles. The van der Waals surface area contributed by atoms with Crippen LogP contribution in [-0.4, -0.2) is 39.6 Å². The summed E-state index contributed by atoms with van der Waals surface area (Å²) in [5, 5.41) is 2.87. The van der Waals surface area contributed by atoms with Gasteiger partial charge in [-0.05, 0) is 56.9 Å². The smallest absolute Gasteiger partial charge is 0.240 e. The average Bonchev–Trinajstić information content (AvgIpc) is 3.04. The number of carbonyl (C=O) groups excluding carboxylic acids is 1. The largest absolute Gasteiger partial charge is 0.376 e. The lowest BCUT2D eigenvalue weighted by Gasteiger charge is -2.20. The predicted octanol–water partition coefficient (Wildman–Crippen LogP) is 1.66. The lowest BCUT2D eigenvalue weighted by atomic mass is 10.1. The zero-order valence-electron chi connectivity index (χ0n) is 14.5. The summed E-state index contributed by atoms with van der Waals surface area (Å²) >= 11 is 0. The number of nitrogens with one attached hydrogen (secondary N) is 2. The van der Waals surface area contributed by atoms with Gasteiger partial charge >= 0.3 is 0 Å². The summed E-state index contributed by atoms with van der Waals surface area (Å²) in [6, 6.07) is 4.93. The van der Waals surface area contributed by atoms with Crippen molar-refractivity contribution in [3.63, 3.8) is 0 Å². The SMILES string of the molecule is Cc1ccc(S(=O)(=O)NCCC(=O)NC(C)C2CCCO2)cc1C. The van der Waals surface area contributed by atoms with Crippen LogP contribution in [-0.2, 0) is 19.6 Å². The topological polar surface area (TPSA) is 84.5 Å². The van der Waals surface area contributed by atoms with Crippen molar-refractivity contribution in [2.45, 2.75) is 57.1 Å². The van der Waals surface area contributed by atoms with E-state index in [1.807, 2.05) is 20.8 Å². The van der Waals surface area contributed by atoms with E-state index in [1.54, 1.807) is 18.2 Å². The summed E-state index contributed by atoms with van der Waals surface area (Å²) in [6.45, 7) is 6.51. The van der Waals surface area contributed by atoms with Crippen molar-refractivity contribution >= 4 is 15.9 Å². The van der Waals surface area contributed by atoms with Crippen molar-refractivity contribution in [3.05, 3.63) is 29.3 Å². The number of sulfonamides is 1. The molecule has 0 radical (unpaired) electrons. The summed E-state index contributed by atoms with van der Waals surface area (Å²) in [5.74, 6) is -0.180. The van der Waals surface area contributed by atoms with Gasteiger partial charge in [-0.2, -0.15) is 0 Å². The molecule has 0 aliphatic carbocycles. The Balaban J connectivity index is 1.81. The molecule has 7 heteroatoms. The summed E-state index contributed by atoms with van der Waals surface area (Å²) in [4.78, 5) is 12.2. The van der Waals surface area contributed by atoms with E-state index in [2.05, 4.69) is 10.0 Å². The number of rotatable bonds is 7. The minimum absolute atomic E-state index is 0.0566. The molecule has 0 aromatic heterocycles. The molecule has 1 aromatic carbocycles. The van der Waals surface area contributed by atoms with E-state index in [9.17, 15) is 13.2 Å². The van der Waals surface area contributed by atoms with Crippen molar-refractivity contribution < 1.29 is 17.9 Å².